The average Bonchev–Trinajstić information content (AvgIpc) is 2.49. The van der Waals surface area contributed by atoms with Crippen LogP contribution >= 0.6 is 24.0 Å². The van der Waals surface area contributed by atoms with Crippen molar-refractivity contribution in [1.82, 2.24) is 10.2 Å². The van der Waals surface area contributed by atoms with Gasteiger partial charge in [0.1, 0.15) is 0 Å². The van der Waals surface area contributed by atoms with E-state index in [9.17, 15) is 4.79 Å². The van der Waals surface area contributed by atoms with Crippen LogP contribution in [0.4, 0.5) is 5.69 Å². The predicted molar refractivity (Wildman–Crippen MR) is 95.0 cm³/mol. The molecule has 4 nitrogen and oxygen atoms in total. The first-order valence-corrected chi connectivity index (χ1v) is 7.98. The first kappa shape index (κ1) is 19.2. The Morgan fingerprint density at radius 3 is 2.64 bits per heavy atom. The van der Waals surface area contributed by atoms with Gasteiger partial charge < -0.3 is 15.5 Å². The maximum Gasteiger partial charge on any atom is 0.225 e. The topological polar surface area (TPSA) is 44.4 Å². The van der Waals surface area contributed by atoms with Gasteiger partial charge in [0, 0.05) is 13.0 Å². The van der Waals surface area contributed by atoms with Gasteiger partial charge >= 0.3 is 0 Å². The van der Waals surface area contributed by atoms with Gasteiger partial charge in [-0.15, -0.1) is 12.4 Å². The number of nitrogens with one attached hydrogen (secondary N) is 2. The number of amides is 1. The van der Waals surface area contributed by atoms with Crippen LogP contribution in [0.5, 0.6) is 0 Å². The molecule has 124 valence electrons. The number of anilines is 1. The zero-order valence-corrected chi connectivity index (χ0v) is 14.6. The molecule has 0 atom stereocenters. The number of rotatable bonds is 6. The summed E-state index contributed by atoms with van der Waals surface area (Å²) in [5.74, 6) is 0.809. The molecule has 6 heteroatoms. The van der Waals surface area contributed by atoms with Crippen molar-refractivity contribution in [1.29, 1.82) is 0 Å². The highest BCUT2D eigenvalue weighted by Crippen LogP contribution is 2.21. The Labute approximate surface area is 144 Å². The van der Waals surface area contributed by atoms with E-state index in [0.717, 1.165) is 32.1 Å². The van der Waals surface area contributed by atoms with E-state index in [1.807, 2.05) is 25.2 Å². The minimum Gasteiger partial charge on any atom is -0.325 e. The van der Waals surface area contributed by atoms with E-state index in [1.54, 1.807) is 6.07 Å². The molecular weight excluding hydrogens is 321 g/mol. The quantitative estimate of drug-likeness (QED) is 0.832. The molecular formula is C16H25Cl2N3O. The number of carbonyl (C=O) groups is 1. The van der Waals surface area contributed by atoms with E-state index in [-0.39, 0.29) is 18.3 Å². The molecule has 1 fully saturated rings. The molecule has 1 aliphatic rings. The summed E-state index contributed by atoms with van der Waals surface area (Å²) in [5.41, 5.74) is 0.692. The molecule has 1 aliphatic heterocycles. The van der Waals surface area contributed by atoms with Crippen LogP contribution in [0.2, 0.25) is 5.02 Å². The summed E-state index contributed by atoms with van der Waals surface area (Å²) in [7, 11) is 2.01. The zero-order valence-electron chi connectivity index (χ0n) is 13.0. The predicted octanol–water partition coefficient (Wildman–Crippen LogP) is 3.02. The summed E-state index contributed by atoms with van der Waals surface area (Å²) >= 11 is 6.03. The highest BCUT2D eigenvalue weighted by molar-refractivity contribution is 6.33. The second-order valence-electron chi connectivity index (χ2n) is 5.62. The lowest BCUT2D eigenvalue weighted by atomic mass is 9.97. The monoisotopic (exact) mass is 345 g/mol. The highest BCUT2D eigenvalue weighted by Gasteiger charge is 2.18. The van der Waals surface area contributed by atoms with Crippen LogP contribution in [0.15, 0.2) is 24.3 Å². The number of hydrogen-bond acceptors (Lipinski definition) is 3. The number of benzene rings is 1. The Hall–Kier alpha value is -0.810. The fourth-order valence-corrected chi connectivity index (χ4v) is 2.92. The van der Waals surface area contributed by atoms with Gasteiger partial charge in [-0.1, -0.05) is 23.7 Å². The third-order valence-corrected chi connectivity index (χ3v) is 4.33. The molecule has 0 radical (unpaired) electrons. The molecule has 0 aromatic heterocycles. The molecule has 0 aliphatic carbocycles. The molecule has 0 bridgehead atoms. The van der Waals surface area contributed by atoms with Crippen LogP contribution < -0.4 is 10.6 Å². The molecule has 22 heavy (non-hydrogen) atoms. The Morgan fingerprint density at radius 2 is 2.00 bits per heavy atom. The largest absolute Gasteiger partial charge is 0.325 e. The molecule has 2 N–H and O–H groups in total. The van der Waals surface area contributed by atoms with Crippen LogP contribution in [0.25, 0.3) is 0 Å². The maximum atomic E-state index is 12.0. The van der Waals surface area contributed by atoms with Crippen LogP contribution in [-0.4, -0.2) is 44.0 Å². The van der Waals surface area contributed by atoms with Gasteiger partial charge in [-0.05, 0) is 57.6 Å². The third kappa shape index (κ3) is 6.13. The summed E-state index contributed by atoms with van der Waals surface area (Å²) in [4.78, 5) is 14.3. The average molecular weight is 346 g/mol. The maximum absolute atomic E-state index is 12.0. The van der Waals surface area contributed by atoms with E-state index >= 15 is 0 Å². The Kier molecular flexibility index (Phi) is 8.79. The van der Waals surface area contributed by atoms with Crippen molar-refractivity contribution in [3.8, 4) is 0 Å². The van der Waals surface area contributed by atoms with Crippen LogP contribution in [0.1, 0.15) is 19.3 Å². The summed E-state index contributed by atoms with van der Waals surface area (Å²) in [5, 5.41) is 6.69. The molecule has 0 spiro atoms. The normalized spacial score (nSPS) is 16.1. The van der Waals surface area contributed by atoms with Gasteiger partial charge in [-0.2, -0.15) is 0 Å². The Morgan fingerprint density at radius 1 is 1.32 bits per heavy atom. The van der Waals surface area contributed by atoms with Gasteiger partial charge in [0.2, 0.25) is 5.91 Å². The van der Waals surface area contributed by atoms with E-state index < -0.39 is 0 Å². The Bertz CT molecular complexity index is 462. The van der Waals surface area contributed by atoms with Gasteiger partial charge in [-0.25, -0.2) is 0 Å². The van der Waals surface area contributed by atoms with Crippen LogP contribution in [-0.2, 0) is 4.79 Å². The molecule has 0 unspecified atom stereocenters. The lowest BCUT2D eigenvalue weighted by Gasteiger charge is -2.31. The summed E-state index contributed by atoms with van der Waals surface area (Å²) in [6, 6.07) is 7.33. The van der Waals surface area contributed by atoms with E-state index in [4.69, 9.17) is 11.6 Å². The Balaban J connectivity index is 0.00000242. The van der Waals surface area contributed by atoms with Crippen molar-refractivity contribution in [2.45, 2.75) is 19.3 Å². The number of nitrogens with zero attached hydrogens (tertiary/aromatic N) is 1. The van der Waals surface area contributed by atoms with Gasteiger partial charge in [-0.3, -0.25) is 4.79 Å². The van der Waals surface area contributed by atoms with Crippen LogP contribution in [0.3, 0.4) is 0 Å². The minimum atomic E-state index is 0. The van der Waals surface area contributed by atoms with Gasteiger partial charge in [0.15, 0.2) is 0 Å². The standard InChI is InChI=1S/C16H24ClN3O.ClH/c1-18-12-13-6-9-20(10-7-13)11-8-16(21)19-15-5-3-2-4-14(15)17;/h2-5,13,18H,6-12H2,1H3,(H,19,21);1H. The second kappa shape index (κ2) is 10.1. The minimum absolute atomic E-state index is 0. The van der Waals surface area contributed by atoms with E-state index in [0.29, 0.717) is 17.1 Å². The molecule has 1 aromatic rings. The van der Waals surface area contributed by atoms with Crippen molar-refractivity contribution >= 4 is 35.6 Å². The summed E-state index contributed by atoms with van der Waals surface area (Å²) in [6.45, 7) is 4.10. The van der Waals surface area contributed by atoms with Crippen LogP contribution in [0, 0.1) is 5.92 Å². The first-order chi connectivity index (χ1) is 10.2. The lowest BCUT2D eigenvalue weighted by molar-refractivity contribution is -0.116. The van der Waals surface area contributed by atoms with Gasteiger partial charge in [0.05, 0.1) is 10.7 Å². The molecule has 1 heterocycles. The van der Waals surface area contributed by atoms with E-state index in [2.05, 4.69) is 15.5 Å². The summed E-state index contributed by atoms with van der Waals surface area (Å²) in [6.07, 6.45) is 2.95. The number of likely N-dealkylation sites (tertiary alicyclic amines) is 1. The number of halogens is 2. The van der Waals surface area contributed by atoms with Crippen molar-refractivity contribution < 1.29 is 4.79 Å². The van der Waals surface area contributed by atoms with Crippen molar-refractivity contribution in [3.63, 3.8) is 0 Å². The van der Waals surface area contributed by atoms with Gasteiger partial charge in [0.25, 0.3) is 0 Å². The molecule has 1 aromatic carbocycles. The molecule has 1 amide bonds. The SMILES string of the molecule is CNCC1CCN(CCC(=O)Nc2ccccc2Cl)CC1.Cl. The van der Waals surface area contributed by atoms with E-state index in [1.165, 1.54) is 12.8 Å². The van der Waals surface area contributed by atoms with Crippen molar-refractivity contribution in [2.75, 3.05) is 38.5 Å². The van der Waals surface area contributed by atoms with Crippen molar-refractivity contribution in [3.05, 3.63) is 29.3 Å². The fraction of sp³-hybridized carbons (Fsp3) is 0.562. The zero-order chi connectivity index (χ0) is 15.1. The highest BCUT2D eigenvalue weighted by atomic mass is 35.5. The molecule has 2 rings (SSSR count). The number of carbonyl (C=O) groups excluding carboxylic acids is 1. The fourth-order valence-electron chi connectivity index (χ4n) is 2.74. The number of para-hydroxylation sites is 1. The summed E-state index contributed by atoms with van der Waals surface area (Å²) < 4.78 is 0. The number of piperidine rings is 1. The second-order valence-corrected chi connectivity index (χ2v) is 6.03. The number of hydrogen-bond donors (Lipinski definition) is 2. The third-order valence-electron chi connectivity index (χ3n) is 4.00. The smallest absolute Gasteiger partial charge is 0.225 e. The lowest BCUT2D eigenvalue weighted by Crippen LogP contribution is -2.38. The first-order valence-electron chi connectivity index (χ1n) is 7.60. The molecule has 0 saturated carbocycles. The molecule has 1 saturated heterocycles. The van der Waals surface area contributed by atoms with Crippen molar-refractivity contribution in [2.24, 2.45) is 5.92 Å².